The van der Waals surface area contributed by atoms with Gasteiger partial charge in [0.2, 0.25) is 10.0 Å². The van der Waals surface area contributed by atoms with E-state index in [0.717, 1.165) is 6.26 Å². The van der Waals surface area contributed by atoms with E-state index < -0.39 is 15.8 Å². The van der Waals surface area contributed by atoms with Gasteiger partial charge in [-0.3, -0.25) is 4.79 Å². The van der Waals surface area contributed by atoms with Crippen LogP contribution in [0.1, 0.15) is 23.2 Å². The Labute approximate surface area is 131 Å². The number of hydrogen-bond acceptors (Lipinski definition) is 3. The van der Waals surface area contributed by atoms with Crippen LogP contribution in [0.15, 0.2) is 22.7 Å². The lowest BCUT2D eigenvalue weighted by Gasteiger charge is -2.32. The van der Waals surface area contributed by atoms with Crippen LogP contribution in [0.3, 0.4) is 0 Å². The first kappa shape index (κ1) is 16.4. The zero-order valence-corrected chi connectivity index (χ0v) is 13.9. The molecule has 1 aromatic carbocycles. The van der Waals surface area contributed by atoms with Crippen molar-refractivity contribution in [3.8, 4) is 0 Å². The molecule has 8 heteroatoms. The molecule has 21 heavy (non-hydrogen) atoms. The molecule has 5 nitrogen and oxygen atoms in total. The summed E-state index contributed by atoms with van der Waals surface area (Å²) in [5.41, 5.74) is 0.408. The average molecular weight is 379 g/mol. The van der Waals surface area contributed by atoms with Gasteiger partial charge in [0.1, 0.15) is 5.82 Å². The van der Waals surface area contributed by atoms with Gasteiger partial charge in [0.15, 0.2) is 0 Å². The number of halogens is 2. The quantitative estimate of drug-likeness (QED) is 0.870. The monoisotopic (exact) mass is 378 g/mol. The molecule has 1 aromatic rings. The molecule has 1 N–H and O–H groups in total. The second kappa shape index (κ2) is 6.41. The minimum atomic E-state index is -3.23. The first-order chi connectivity index (χ1) is 9.76. The zero-order chi connectivity index (χ0) is 15.6. The number of nitrogens with one attached hydrogen (secondary N) is 1. The van der Waals surface area contributed by atoms with E-state index in [9.17, 15) is 17.6 Å². The van der Waals surface area contributed by atoms with E-state index in [2.05, 4.69) is 20.7 Å². The summed E-state index contributed by atoms with van der Waals surface area (Å²) in [4.78, 5) is 14.0. The minimum Gasteiger partial charge on any atom is -0.338 e. The van der Waals surface area contributed by atoms with Crippen molar-refractivity contribution in [2.24, 2.45) is 0 Å². The van der Waals surface area contributed by atoms with Gasteiger partial charge < -0.3 is 4.90 Å². The van der Waals surface area contributed by atoms with E-state index in [1.807, 2.05) is 0 Å². The zero-order valence-electron chi connectivity index (χ0n) is 11.5. The number of piperidine rings is 1. The Kier molecular flexibility index (Phi) is 5.00. The standard InChI is InChI=1S/C13H16BrFN2O3S/c1-21(19,20)16-10-4-6-17(7-5-10)13(18)11-3-2-9(15)8-12(11)14/h2-3,8,10,16H,4-7H2,1H3. The summed E-state index contributed by atoms with van der Waals surface area (Å²) in [6.45, 7) is 0.936. The topological polar surface area (TPSA) is 66.5 Å². The number of benzene rings is 1. The van der Waals surface area contributed by atoms with Gasteiger partial charge in [0, 0.05) is 23.6 Å². The van der Waals surface area contributed by atoms with Crippen LogP contribution in [0.25, 0.3) is 0 Å². The number of carbonyl (C=O) groups excluding carboxylic acids is 1. The van der Waals surface area contributed by atoms with Gasteiger partial charge in [0.05, 0.1) is 11.8 Å². The highest BCUT2D eigenvalue weighted by Crippen LogP contribution is 2.21. The third-order valence-electron chi connectivity index (χ3n) is 3.32. The lowest BCUT2D eigenvalue weighted by Crippen LogP contribution is -2.46. The summed E-state index contributed by atoms with van der Waals surface area (Å²) in [5.74, 6) is -0.589. The SMILES string of the molecule is CS(=O)(=O)NC1CCN(C(=O)c2ccc(F)cc2Br)CC1. The summed E-state index contributed by atoms with van der Waals surface area (Å²) in [7, 11) is -3.23. The summed E-state index contributed by atoms with van der Waals surface area (Å²) in [6.07, 6.45) is 2.26. The van der Waals surface area contributed by atoms with Crippen LogP contribution in [0.2, 0.25) is 0 Å². The van der Waals surface area contributed by atoms with Crippen molar-refractivity contribution in [3.63, 3.8) is 0 Å². The van der Waals surface area contributed by atoms with Crippen molar-refractivity contribution in [2.45, 2.75) is 18.9 Å². The van der Waals surface area contributed by atoms with E-state index in [-0.39, 0.29) is 11.9 Å². The number of hydrogen-bond donors (Lipinski definition) is 1. The van der Waals surface area contributed by atoms with E-state index in [4.69, 9.17) is 0 Å². The molecule has 0 bridgehead atoms. The van der Waals surface area contributed by atoms with Crippen LogP contribution in [0.5, 0.6) is 0 Å². The van der Waals surface area contributed by atoms with Crippen LogP contribution < -0.4 is 4.72 Å². The van der Waals surface area contributed by atoms with Gasteiger partial charge >= 0.3 is 0 Å². The van der Waals surface area contributed by atoms with Gasteiger partial charge in [-0.2, -0.15) is 0 Å². The number of amides is 1. The normalized spacial score (nSPS) is 17.0. The van der Waals surface area contributed by atoms with Crippen LogP contribution >= 0.6 is 15.9 Å². The highest BCUT2D eigenvalue weighted by atomic mass is 79.9. The maximum atomic E-state index is 13.0. The first-order valence-electron chi connectivity index (χ1n) is 6.48. The fourth-order valence-electron chi connectivity index (χ4n) is 2.34. The molecule has 0 radical (unpaired) electrons. The van der Waals surface area contributed by atoms with Crippen molar-refractivity contribution < 1.29 is 17.6 Å². The molecule has 1 aliphatic rings. The average Bonchev–Trinajstić information content (AvgIpc) is 2.37. The van der Waals surface area contributed by atoms with Crippen LogP contribution in [-0.4, -0.2) is 44.6 Å². The van der Waals surface area contributed by atoms with E-state index >= 15 is 0 Å². The highest BCUT2D eigenvalue weighted by Gasteiger charge is 2.26. The Hall–Kier alpha value is -0.990. The molecule has 116 valence electrons. The fourth-order valence-corrected chi connectivity index (χ4v) is 3.70. The molecule has 0 aromatic heterocycles. The van der Waals surface area contributed by atoms with Crippen LogP contribution in [0.4, 0.5) is 4.39 Å². The molecule has 0 spiro atoms. The molecular weight excluding hydrogens is 363 g/mol. The molecule has 1 amide bonds. The number of sulfonamides is 1. The smallest absolute Gasteiger partial charge is 0.255 e. The maximum Gasteiger partial charge on any atom is 0.255 e. The fraction of sp³-hybridized carbons (Fsp3) is 0.462. The number of rotatable bonds is 3. The molecule has 0 aliphatic carbocycles. The van der Waals surface area contributed by atoms with Gasteiger partial charge in [0.25, 0.3) is 5.91 Å². The van der Waals surface area contributed by atoms with Gasteiger partial charge in [-0.25, -0.2) is 17.5 Å². The lowest BCUT2D eigenvalue weighted by molar-refractivity contribution is 0.0710. The summed E-state index contributed by atoms with van der Waals surface area (Å²) < 4.78 is 38.4. The summed E-state index contributed by atoms with van der Waals surface area (Å²) in [5, 5.41) is 0. The van der Waals surface area contributed by atoms with Gasteiger partial charge in [-0.05, 0) is 47.0 Å². The molecular formula is C13H16BrFN2O3S. The second-order valence-electron chi connectivity index (χ2n) is 5.08. The Bertz CT molecular complexity index is 643. The predicted molar refractivity (Wildman–Crippen MR) is 81.0 cm³/mol. The highest BCUT2D eigenvalue weighted by molar-refractivity contribution is 9.10. The predicted octanol–water partition coefficient (Wildman–Crippen LogP) is 1.74. The first-order valence-corrected chi connectivity index (χ1v) is 9.16. The lowest BCUT2D eigenvalue weighted by atomic mass is 10.0. The van der Waals surface area contributed by atoms with Crippen molar-refractivity contribution in [1.82, 2.24) is 9.62 Å². The largest absolute Gasteiger partial charge is 0.338 e. The number of likely N-dealkylation sites (tertiary alicyclic amines) is 1. The summed E-state index contributed by atoms with van der Waals surface area (Å²) >= 11 is 3.19. The van der Waals surface area contributed by atoms with Gasteiger partial charge in [-0.15, -0.1) is 0 Å². The van der Waals surface area contributed by atoms with E-state index in [1.165, 1.54) is 18.2 Å². The molecule has 0 unspecified atom stereocenters. The van der Waals surface area contributed by atoms with Crippen molar-refractivity contribution in [3.05, 3.63) is 34.1 Å². The van der Waals surface area contributed by atoms with Gasteiger partial charge in [-0.1, -0.05) is 0 Å². The molecule has 1 heterocycles. The summed E-state index contributed by atoms with van der Waals surface area (Å²) in [6, 6.07) is 3.81. The van der Waals surface area contributed by atoms with E-state index in [1.54, 1.807) is 4.90 Å². The van der Waals surface area contributed by atoms with Crippen molar-refractivity contribution in [2.75, 3.05) is 19.3 Å². The van der Waals surface area contributed by atoms with E-state index in [0.29, 0.717) is 36.0 Å². The molecule has 0 atom stereocenters. The molecule has 0 saturated carbocycles. The third-order valence-corrected chi connectivity index (χ3v) is 4.74. The minimum absolute atomic E-state index is 0.138. The van der Waals surface area contributed by atoms with Crippen molar-refractivity contribution >= 4 is 31.9 Å². The van der Waals surface area contributed by atoms with Crippen LogP contribution in [0, 0.1) is 5.82 Å². The van der Waals surface area contributed by atoms with Crippen LogP contribution in [-0.2, 0) is 10.0 Å². The third kappa shape index (κ3) is 4.49. The maximum absolute atomic E-state index is 13.0. The Morgan fingerprint density at radius 1 is 1.38 bits per heavy atom. The molecule has 1 aliphatic heterocycles. The molecule has 1 fully saturated rings. The molecule has 2 rings (SSSR count). The molecule has 1 saturated heterocycles. The van der Waals surface area contributed by atoms with Crippen molar-refractivity contribution in [1.29, 1.82) is 0 Å². The Morgan fingerprint density at radius 3 is 2.52 bits per heavy atom. The number of nitrogens with zero attached hydrogens (tertiary/aromatic N) is 1. The number of carbonyl (C=O) groups is 1. The second-order valence-corrected chi connectivity index (χ2v) is 7.72. The Morgan fingerprint density at radius 2 is 2.00 bits per heavy atom. The Balaban J connectivity index is 2.00.